The van der Waals surface area contributed by atoms with Gasteiger partial charge in [-0.05, 0) is 29.3 Å². The Morgan fingerprint density at radius 1 is 1.05 bits per heavy atom. The van der Waals surface area contributed by atoms with Gasteiger partial charge in [0.25, 0.3) is 0 Å². The lowest BCUT2D eigenvalue weighted by Crippen LogP contribution is -2.07. The van der Waals surface area contributed by atoms with E-state index in [1.807, 2.05) is 0 Å². The molecule has 0 saturated heterocycles. The second-order valence-corrected chi connectivity index (χ2v) is 4.64. The van der Waals surface area contributed by atoms with Crippen molar-refractivity contribution >= 4 is 5.69 Å². The molecule has 0 atom stereocenters. The van der Waals surface area contributed by atoms with Gasteiger partial charge in [-0.15, -0.1) is 0 Å². The topological polar surface area (TPSA) is 44.5 Å². The molecular formula is C16H16F3NO2. The lowest BCUT2D eigenvalue weighted by Gasteiger charge is -2.14. The van der Waals surface area contributed by atoms with Crippen molar-refractivity contribution in [3.05, 3.63) is 48.0 Å². The highest BCUT2D eigenvalue weighted by Gasteiger charge is 2.33. The second-order valence-electron chi connectivity index (χ2n) is 4.64. The van der Waals surface area contributed by atoms with Crippen LogP contribution in [0.5, 0.6) is 5.75 Å². The monoisotopic (exact) mass is 311 g/mol. The van der Waals surface area contributed by atoms with Gasteiger partial charge < -0.3 is 15.2 Å². The molecule has 2 rings (SSSR count). The Bertz CT molecular complexity index is 642. The molecule has 0 aliphatic heterocycles. The summed E-state index contributed by atoms with van der Waals surface area (Å²) in [6, 6.07) is 9.99. The lowest BCUT2D eigenvalue weighted by molar-refractivity contribution is -0.137. The van der Waals surface area contributed by atoms with Crippen molar-refractivity contribution < 1.29 is 22.6 Å². The molecule has 3 nitrogen and oxygen atoms in total. The van der Waals surface area contributed by atoms with Gasteiger partial charge in [0.05, 0.1) is 17.9 Å². The van der Waals surface area contributed by atoms with E-state index in [0.717, 1.165) is 6.07 Å². The SMILES string of the molecule is COCCOc1ccc(-c2ccccc2C(F)(F)F)cc1N. The highest BCUT2D eigenvalue weighted by molar-refractivity contribution is 5.73. The lowest BCUT2D eigenvalue weighted by atomic mass is 9.99. The van der Waals surface area contributed by atoms with Crippen molar-refractivity contribution in [3.63, 3.8) is 0 Å². The van der Waals surface area contributed by atoms with Crippen molar-refractivity contribution in [1.29, 1.82) is 0 Å². The molecule has 2 aromatic carbocycles. The molecule has 0 fully saturated rings. The third kappa shape index (κ3) is 3.71. The van der Waals surface area contributed by atoms with Gasteiger partial charge >= 0.3 is 6.18 Å². The maximum atomic E-state index is 13.0. The van der Waals surface area contributed by atoms with Crippen LogP contribution in [-0.4, -0.2) is 20.3 Å². The number of nitrogen functional groups attached to an aromatic ring is 1. The van der Waals surface area contributed by atoms with Crippen molar-refractivity contribution in [2.45, 2.75) is 6.18 Å². The third-order valence-electron chi connectivity index (χ3n) is 3.10. The molecule has 118 valence electrons. The van der Waals surface area contributed by atoms with Crippen molar-refractivity contribution in [2.75, 3.05) is 26.1 Å². The molecule has 0 aliphatic rings. The van der Waals surface area contributed by atoms with Crippen LogP contribution in [0, 0.1) is 0 Å². The van der Waals surface area contributed by atoms with Crippen molar-refractivity contribution in [3.8, 4) is 16.9 Å². The van der Waals surface area contributed by atoms with Crippen LogP contribution >= 0.6 is 0 Å². The number of alkyl halides is 3. The molecule has 2 N–H and O–H groups in total. The zero-order valence-electron chi connectivity index (χ0n) is 12.0. The summed E-state index contributed by atoms with van der Waals surface area (Å²) in [4.78, 5) is 0. The Morgan fingerprint density at radius 2 is 1.77 bits per heavy atom. The summed E-state index contributed by atoms with van der Waals surface area (Å²) >= 11 is 0. The molecule has 0 unspecified atom stereocenters. The quantitative estimate of drug-likeness (QED) is 0.671. The van der Waals surface area contributed by atoms with Gasteiger partial charge in [-0.2, -0.15) is 13.2 Å². The number of ether oxygens (including phenoxy) is 2. The molecular weight excluding hydrogens is 295 g/mol. The van der Waals surface area contributed by atoms with Gasteiger partial charge in [-0.25, -0.2) is 0 Å². The number of halogens is 3. The molecule has 22 heavy (non-hydrogen) atoms. The standard InChI is InChI=1S/C16H16F3NO2/c1-21-8-9-22-15-7-6-11(10-14(15)20)12-4-2-3-5-13(12)16(17,18)19/h2-7,10H,8-9,20H2,1H3. The van der Waals surface area contributed by atoms with Crippen LogP contribution in [0.15, 0.2) is 42.5 Å². The van der Waals surface area contributed by atoms with Crippen LogP contribution in [0.25, 0.3) is 11.1 Å². The van der Waals surface area contributed by atoms with Crippen molar-refractivity contribution in [1.82, 2.24) is 0 Å². The summed E-state index contributed by atoms with van der Waals surface area (Å²) in [7, 11) is 1.55. The van der Waals surface area contributed by atoms with Gasteiger partial charge in [0, 0.05) is 7.11 Å². The van der Waals surface area contributed by atoms with E-state index in [1.165, 1.54) is 18.2 Å². The molecule has 6 heteroatoms. The van der Waals surface area contributed by atoms with Crippen LogP contribution in [0.2, 0.25) is 0 Å². The first-order valence-electron chi connectivity index (χ1n) is 6.61. The van der Waals surface area contributed by atoms with Crippen LogP contribution in [-0.2, 0) is 10.9 Å². The third-order valence-corrected chi connectivity index (χ3v) is 3.10. The number of hydrogen-bond donors (Lipinski definition) is 1. The number of rotatable bonds is 5. The zero-order chi connectivity index (χ0) is 16.2. The predicted molar refractivity (Wildman–Crippen MR) is 78.7 cm³/mol. The zero-order valence-corrected chi connectivity index (χ0v) is 12.0. The van der Waals surface area contributed by atoms with E-state index in [4.69, 9.17) is 15.2 Å². The Labute approximate surface area is 126 Å². The number of nitrogens with two attached hydrogens (primary N) is 1. The van der Waals surface area contributed by atoms with Crippen molar-refractivity contribution in [2.24, 2.45) is 0 Å². The summed E-state index contributed by atoms with van der Waals surface area (Å²) in [5.41, 5.74) is 5.92. The average Bonchev–Trinajstić information content (AvgIpc) is 2.48. The van der Waals surface area contributed by atoms with Gasteiger partial charge in [0.1, 0.15) is 12.4 Å². The molecule has 0 aliphatic carbocycles. The maximum Gasteiger partial charge on any atom is 0.417 e. The fourth-order valence-electron chi connectivity index (χ4n) is 2.06. The van der Waals surface area contributed by atoms with Crippen LogP contribution < -0.4 is 10.5 Å². The minimum atomic E-state index is -4.42. The average molecular weight is 311 g/mol. The summed E-state index contributed by atoms with van der Waals surface area (Å²) in [5, 5.41) is 0. The fraction of sp³-hybridized carbons (Fsp3) is 0.250. The van der Waals surface area contributed by atoms with E-state index >= 15 is 0 Å². The molecule has 0 heterocycles. The van der Waals surface area contributed by atoms with Gasteiger partial charge in [-0.1, -0.05) is 24.3 Å². The molecule has 0 amide bonds. The van der Waals surface area contributed by atoms with E-state index in [1.54, 1.807) is 25.3 Å². The minimum Gasteiger partial charge on any atom is -0.489 e. The Balaban J connectivity index is 2.33. The van der Waals surface area contributed by atoms with Crippen LogP contribution in [0.1, 0.15) is 5.56 Å². The minimum absolute atomic E-state index is 0.0881. The predicted octanol–water partition coefficient (Wildman–Crippen LogP) is 3.98. The number of anilines is 1. The van der Waals surface area contributed by atoms with Crippen LogP contribution in [0.4, 0.5) is 18.9 Å². The largest absolute Gasteiger partial charge is 0.489 e. The number of hydrogen-bond acceptors (Lipinski definition) is 3. The summed E-state index contributed by atoms with van der Waals surface area (Å²) in [6.07, 6.45) is -4.42. The van der Waals surface area contributed by atoms with E-state index in [2.05, 4.69) is 0 Å². The van der Waals surface area contributed by atoms with E-state index < -0.39 is 11.7 Å². The molecule has 0 aromatic heterocycles. The first-order valence-corrected chi connectivity index (χ1v) is 6.61. The number of benzene rings is 2. The van der Waals surface area contributed by atoms with E-state index in [-0.39, 0.29) is 11.3 Å². The Hall–Kier alpha value is -2.21. The highest BCUT2D eigenvalue weighted by Crippen LogP contribution is 2.38. The summed E-state index contributed by atoms with van der Waals surface area (Å²) in [6.45, 7) is 0.720. The highest BCUT2D eigenvalue weighted by atomic mass is 19.4. The first-order chi connectivity index (χ1) is 10.4. The fourth-order valence-corrected chi connectivity index (χ4v) is 2.06. The molecule has 0 spiro atoms. The van der Waals surface area contributed by atoms with Crippen LogP contribution in [0.3, 0.4) is 0 Å². The maximum absolute atomic E-state index is 13.0. The second kappa shape index (κ2) is 6.70. The van der Waals surface area contributed by atoms with E-state index in [0.29, 0.717) is 24.5 Å². The Morgan fingerprint density at radius 3 is 2.41 bits per heavy atom. The Kier molecular flexibility index (Phi) is 4.92. The summed E-state index contributed by atoms with van der Waals surface area (Å²) in [5.74, 6) is 0.422. The van der Waals surface area contributed by atoms with Gasteiger partial charge in [0.2, 0.25) is 0 Å². The number of methoxy groups -OCH3 is 1. The van der Waals surface area contributed by atoms with E-state index in [9.17, 15) is 13.2 Å². The molecule has 0 bridgehead atoms. The first kappa shape index (κ1) is 16.2. The van der Waals surface area contributed by atoms with Gasteiger partial charge in [0.15, 0.2) is 0 Å². The van der Waals surface area contributed by atoms with Gasteiger partial charge in [-0.3, -0.25) is 0 Å². The normalized spacial score (nSPS) is 11.5. The summed E-state index contributed by atoms with van der Waals surface area (Å²) < 4.78 is 49.4. The molecule has 2 aromatic rings. The molecule has 0 radical (unpaired) electrons. The smallest absolute Gasteiger partial charge is 0.417 e. The molecule has 0 saturated carbocycles.